The molecule has 2 heterocycles. The van der Waals surface area contributed by atoms with Crippen LogP contribution in [0.2, 0.25) is 5.15 Å². The Labute approximate surface area is 103 Å². The highest BCUT2D eigenvalue weighted by molar-refractivity contribution is 7.99. The van der Waals surface area contributed by atoms with Crippen molar-refractivity contribution in [3.8, 4) is 0 Å². The molecule has 1 aromatic rings. The van der Waals surface area contributed by atoms with E-state index < -0.39 is 0 Å². The van der Waals surface area contributed by atoms with Crippen LogP contribution < -0.4 is 5.32 Å². The molecule has 86 valence electrons. The minimum absolute atomic E-state index is 0.170. The zero-order valence-electron chi connectivity index (χ0n) is 8.65. The van der Waals surface area contributed by atoms with Crippen LogP contribution in [0.1, 0.15) is 23.3 Å². The molecule has 4 nitrogen and oxygen atoms in total. The number of nitrogens with one attached hydrogen (secondary N) is 1. The minimum atomic E-state index is -0.170. The number of hydrogen-bond acceptors (Lipinski definition) is 4. The first-order valence-corrected chi connectivity index (χ1v) is 6.65. The number of aromatic nitrogens is 2. The molecule has 0 spiro atoms. The Morgan fingerprint density at radius 2 is 2.38 bits per heavy atom. The van der Waals surface area contributed by atoms with E-state index in [1.165, 1.54) is 18.1 Å². The van der Waals surface area contributed by atoms with E-state index >= 15 is 0 Å². The maximum Gasteiger partial charge on any atom is 0.271 e. The van der Waals surface area contributed by atoms with Gasteiger partial charge in [0.05, 0.1) is 12.4 Å². The standard InChI is InChI=1S/C10H12ClN3OS/c11-9-5-12-8(4-13-9)10(15)14-7-2-1-3-16-6-7/h4-5,7H,1-3,6H2,(H,14,15). The van der Waals surface area contributed by atoms with Crippen LogP contribution in [0.25, 0.3) is 0 Å². The molecular formula is C10H12ClN3OS. The molecule has 2 rings (SSSR count). The largest absolute Gasteiger partial charge is 0.347 e. The van der Waals surface area contributed by atoms with E-state index in [1.807, 2.05) is 11.8 Å². The summed E-state index contributed by atoms with van der Waals surface area (Å²) >= 11 is 7.47. The average Bonchev–Trinajstić information content (AvgIpc) is 2.31. The van der Waals surface area contributed by atoms with Gasteiger partial charge < -0.3 is 5.32 Å². The van der Waals surface area contributed by atoms with Crippen molar-refractivity contribution in [1.82, 2.24) is 15.3 Å². The molecule has 1 aromatic heterocycles. The smallest absolute Gasteiger partial charge is 0.271 e. The van der Waals surface area contributed by atoms with Crippen molar-refractivity contribution >= 4 is 29.3 Å². The van der Waals surface area contributed by atoms with E-state index in [0.29, 0.717) is 10.8 Å². The maximum absolute atomic E-state index is 11.8. The lowest BCUT2D eigenvalue weighted by Crippen LogP contribution is -2.38. The summed E-state index contributed by atoms with van der Waals surface area (Å²) in [6.07, 6.45) is 4.97. The summed E-state index contributed by atoms with van der Waals surface area (Å²) in [5.74, 6) is 2.00. The molecule has 16 heavy (non-hydrogen) atoms. The van der Waals surface area contributed by atoms with Crippen LogP contribution in [-0.4, -0.2) is 33.4 Å². The summed E-state index contributed by atoms with van der Waals surface area (Å²) in [7, 11) is 0. The SMILES string of the molecule is O=C(NC1CCCSC1)c1cnc(Cl)cn1. The van der Waals surface area contributed by atoms with Gasteiger partial charge in [-0.05, 0) is 18.6 Å². The Morgan fingerprint density at radius 3 is 3.00 bits per heavy atom. The van der Waals surface area contributed by atoms with Gasteiger partial charge in [0.1, 0.15) is 10.8 Å². The van der Waals surface area contributed by atoms with E-state index in [2.05, 4.69) is 15.3 Å². The summed E-state index contributed by atoms with van der Waals surface area (Å²) < 4.78 is 0. The van der Waals surface area contributed by atoms with Gasteiger partial charge >= 0.3 is 0 Å². The van der Waals surface area contributed by atoms with E-state index in [4.69, 9.17) is 11.6 Å². The Balaban J connectivity index is 1.94. The summed E-state index contributed by atoms with van der Waals surface area (Å²) in [6.45, 7) is 0. The van der Waals surface area contributed by atoms with Gasteiger partial charge in [0.15, 0.2) is 0 Å². The normalized spacial score (nSPS) is 20.4. The van der Waals surface area contributed by atoms with Crippen LogP contribution >= 0.6 is 23.4 Å². The van der Waals surface area contributed by atoms with Gasteiger partial charge in [0.2, 0.25) is 0 Å². The lowest BCUT2D eigenvalue weighted by molar-refractivity contribution is 0.0933. The van der Waals surface area contributed by atoms with Gasteiger partial charge in [0, 0.05) is 11.8 Å². The zero-order valence-corrected chi connectivity index (χ0v) is 10.2. The van der Waals surface area contributed by atoms with Gasteiger partial charge in [-0.1, -0.05) is 11.6 Å². The molecule has 0 bridgehead atoms. The Morgan fingerprint density at radius 1 is 1.50 bits per heavy atom. The molecule has 1 amide bonds. The maximum atomic E-state index is 11.8. The van der Waals surface area contributed by atoms with Crippen molar-refractivity contribution in [2.24, 2.45) is 0 Å². The zero-order chi connectivity index (χ0) is 11.4. The fourth-order valence-corrected chi connectivity index (χ4v) is 2.71. The van der Waals surface area contributed by atoms with Crippen molar-refractivity contribution in [3.63, 3.8) is 0 Å². The molecule has 1 saturated heterocycles. The van der Waals surface area contributed by atoms with Crippen LogP contribution in [0, 0.1) is 0 Å². The minimum Gasteiger partial charge on any atom is -0.347 e. The molecule has 1 fully saturated rings. The second-order valence-electron chi connectivity index (χ2n) is 3.61. The molecule has 1 aliphatic rings. The first-order chi connectivity index (χ1) is 7.75. The number of halogens is 1. The second kappa shape index (κ2) is 5.50. The third-order valence-corrected chi connectivity index (χ3v) is 3.76. The predicted octanol–water partition coefficient (Wildman–Crippen LogP) is 1.76. The van der Waals surface area contributed by atoms with Gasteiger partial charge in [-0.25, -0.2) is 9.97 Å². The van der Waals surface area contributed by atoms with Crippen molar-refractivity contribution in [1.29, 1.82) is 0 Å². The number of carbonyl (C=O) groups excluding carboxylic acids is 1. The molecule has 0 aromatic carbocycles. The summed E-state index contributed by atoms with van der Waals surface area (Å²) in [4.78, 5) is 19.5. The average molecular weight is 258 g/mol. The van der Waals surface area contributed by atoms with Crippen molar-refractivity contribution in [3.05, 3.63) is 23.2 Å². The molecule has 1 atom stereocenters. The molecule has 0 aliphatic carbocycles. The highest BCUT2D eigenvalue weighted by atomic mass is 35.5. The van der Waals surface area contributed by atoms with Crippen molar-refractivity contribution < 1.29 is 4.79 Å². The second-order valence-corrected chi connectivity index (χ2v) is 5.15. The van der Waals surface area contributed by atoms with E-state index in [0.717, 1.165) is 18.6 Å². The van der Waals surface area contributed by atoms with E-state index in [1.54, 1.807) is 0 Å². The third kappa shape index (κ3) is 3.09. The fraction of sp³-hybridized carbons (Fsp3) is 0.500. The summed E-state index contributed by atoms with van der Waals surface area (Å²) in [6, 6.07) is 0.253. The van der Waals surface area contributed by atoms with Crippen LogP contribution in [0.3, 0.4) is 0 Å². The van der Waals surface area contributed by atoms with Crippen molar-refractivity contribution in [2.45, 2.75) is 18.9 Å². The lowest BCUT2D eigenvalue weighted by atomic mass is 10.2. The van der Waals surface area contributed by atoms with Gasteiger partial charge in [-0.3, -0.25) is 4.79 Å². The van der Waals surface area contributed by atoms with Crippen LogP contribution in [-0.2, 0) is 0 Å². The first-order valence-electron chi connectivity index (χ1n) is 5.12. The number of hydrogen-bond donors (Lipinski definition) is 1. The van der Waals surface area contributed by atoms with Gasteiger partial charge in [-0.15, -0.1) is 0 Å². The Kier molecular flexibility index (Phi) is 4.01. The number of nitrogens with zero attached hydrogens (tertiary/aromatic N) is 2. The number of rotatable bonds is 2. The topological polar surface area (TPSA) is 54.9 Å². The summed E-state index contributed by atoms with van der Waals surface area (Å²) in [5, 5.41) is 3.25. The van der Waals surface area contributed by atoms with Gasteiger partial charge in [0.25, 0.3) is 5.91 Å². The molecule has 1 unspecified atom stereocenters. The molecular weight excluding hydrogens is 246 g/mol. The molecule has 1 N–H and O–H groups in total. The highest BCUT2D eigenvalue weighted by Crippen LogP contribution is 2.17. The highest BCUT2D eigenvalue weighted by Gasteiger charge is 2.17. The van der Waals surface area contributed by atoms with Crippen LogP contribution in [0.15, 0.2) is 12.4 Å². The third-order valence-electron chi connectivity index (χ3n) is 2.35. The molecule has 6 heteroatoms. The van der Waals surface area contributed by atoms with Crippen LogP contribution in [0.4, 0.5) is 0 Å². The monoisotopic (exact) mass is 257 g/mol. The van der Waals surface area contributed by atoms with E-state index in [-0.39, 0.29) is 11.9 Å². The quantitative estimate of drug-likeness (QED) is 0.877. The molecule has 0 radical (unpaired) electrons. The van der Waals surface area contributed by atoms with E-state index in [9.17, 15) is 4.79 Å². The Hall–Kier alpha value is -0.810. The first kappa shape index (κ1) is 11.7. The summed E-state index contributed by atoms with van der Waals surface area (Å²) in [5.41, 5.74) is 0.319. The molecule has 1 aliphatic heterocycles. The van der Waals surface area contributed by atoms with Crippen LogP contribution in [0.5, 0.6) is 0 Å². The molecule has 0 saturated carbocycles. The van der Waals surface area contributed by atoms with Gasteiger partial charge in [-0.2, -0.15) is 11.8 Å². The number of carbonyl (C=O) groups is 1. The number of thioether (sulfide) groups is 1. The fourth-order valence-electron chi connectivity index (χ4n) is 1.54. The number of amides is 1. The predicted molar refractivity (Wildman–Crippen MR) is 64.9 cm³/mol. The Bertz CT molecular complexity index is 365. The lowest BCUT2D eigenvalue weighted by Gasteiger charge is -2.22. The van der Waals surface area contributed by atoms with Crippen molar-refractivity contribution in [2.75, 3.05) is 11.5 Å².